The third kappa shape index (κ3) is 3.09. The van der Waals surface area contributed by atoms with Gasteiger partial charge < -0.3 is 14.1 Å². The van der Waals surface area contributed by atoms with Gasteiger partial charge in [0.2, 0.25) is 0 Å². The van der Waals surface area contributed by atoms with Gasteiger partial charge in [-0.2, -0.15) is 0 Å². The highest BCUT2D eigenvalue weighted by Gasteiger charge is 2.28. The SMILES string of the molecule is COc1ccc2oc(=O)c(C(=O)N3C[C@@H](C)C[C@H](C)C3)cc2c1. The highest BCUT2D eigenvalue weighted by molar-refractivity contribution is 5.96. The molecule has 2 aromatic rings. The lowest BCUT2D eigenvalue weighted by Crippen LogP contribution is -2.43. The van der Waals surface area contributed by atoms with Crippen molar-refractivity contribution in [3.63, 3.8) is 0 Å². The lowest BCUT2D eigenvalue weighted by Gasteiger charge is -2.34. The summed E-state index contributed by atoms with van der Waals surface area (Å²) in [6.45, 7) is 5.62. The number of hydrogen-bond donors (Lipinski definition) is 0. The molecule has 1 aliphatic rings. The average molecular weight is 315 g/mol. The molecule has 2 atom stereocenters. The Bertz CT molecular complexity index is 785. The molecule has 23 heavy (non-hydrogen) atoms. The van der Waals surface area contributed by atoms with Crippen LogP contribution in [-0.4, -0.2) is 31.0 Å². The summed E-state index contributed by atoms with van der Waals surface area (Å²) in [6, 6.07) is 6.77. The van der Waals surface area contributed by atoms with E-state index in [4.69, 9.17) is 9.15 Å². The molecule has 0 radical (unpaired) electrons. The Kier molecular flexibility index (Phi) is 4.11. The van der Waals surface area contributed by atoms with Crippen LogP contribution in [0.5, 0.6) is 5.75 Å². The molecule has 5 nitrogen and oxygen atoms in total. The van der Waals surface area contributed by atoms with Gasteiger partial charge in [0.1, 0.15) is 16.9 Å². The molecule has 1 fully saturated rings. The Morgan fingerprint density at radius 3 is 2.57 bits per heavy atom. The van der Waals surface area contributed by atoms with Gasteiger partial charge in [0.25, 0.3) is 5.91 Å². The summed E-state index contributed by atoms with van der Waals surface area (Å²) < 4.78 is 10.5. The molecule has 1 aliphatic heterocycles. The molecule has 0 saturated carbocycles. The smallest absolute Gasteiger partial charge is 0.349 e. The van der Waals surface area contributed by atoms with Crippen LogP contribution in [-0.2, 0) is 0 Å². The van der Waals surface area contributed by atoms with Crippen LogP contribution in [0.25, 0.3) is 11.0 Å². The van der Waals surface area contributed by atoms with E-state index in [9.17, 15) is 9.59 Å². The molecule has 1 amide bonds. The first-order valence-electron chi connectivity index (χ1n) is 7.89. The molecule has 1 saturated heterocycles. The highest BCUT2D eigenvalue weighted by atomic mass is 16.5. The Hall–Kier alpha value is -2.30. The number of ether oxygens (including phenoxy) is 1. The number of fused-ring (bicyclic) bond motifs is 1. The molecule has 3 rings (SSSR count). The van der Waals surface area contributed by atoms with Crippen LogP contribution in [0.3, 0.4) is 0 Å². The molecular formula is C18H21NO4. The van der Waals surface area contributed by atoms with E-state index in [1.54, 1.807) is 36.3 Å². The molecule has 1 aromatic heterocycles. The second-order valence-corrected chi connectivity index (χ2v) is 6.51. The predicted octanol–water partition coefficient (Wildman–Crippen LogP) is 2.92. The van der Waals surface area contributed by atoms with Crippen LogP contribution in [0, 0.1) is 11.8 Å². The van der Waals surface area contributed by atoms with Crippen LogP contribution < -0.4 is 10.4 Å². The summed E-state index contributed by atoms with van der Waals surface area (Å²) in [4.78, 5) is 26.7. The van der Waals surface area contributed by atoms with Gasteiger partial charge >= 0.3 is 5.63 Å². The maximum absolute atomic E-state index is 12.7. The second kappa shape index (κ2) is 6.07. The Labute approximate surface area is 134 Å². The van der Waals surface area contributed by atoms with Crippen molar-refractivity contribution < 1.29 is 13.9 Å². The number of amides is 1. The monoisotopic (exact) mass is 315 g/mol. The van der Waals surface area contributed by atoms with Gasteiger partial charge in [-0.1, -0.05) is 13.8 Å². The summed E-state index contributed by atoms with van der Waals surface area (Å²) in [5.41, 5.74) is -0.0432. The Morgan fingerprint density at radius 1 is 1.22 bits per heavy atom. The first-order valence-corrected chi connectivity index (χ1v) is 7.89. The standard InChI is InChI=1S/C18H21NO4/c1-11-6-12(2)10-19(9-11)17(20)15-8-13-7-14(22-3)4-5-16(13)23-18(15)21/h4-5,7-8,11-12H,6,9-10H2,1-3H3/t11-,12-/m0/s1. The lowest BCUT2D eigenvalue weighted by molar-refractivity contribution is 0.0619. The molecule has 1 aromatic carbocycles. The molecular weight excluding hydrogens is 294 g/mol. The third-order valence-electron chi connectivity index (χ3n) is 4.33. The molecule has 0 unspecified atom stereocenters. The van der Waals surface area contributed by atoms with E-state index in [1.165, 1.54) is 0 Å². The van der Waals surface area contributed by atoms with Crippen molar-refractivity contribution in [2.24, 2.45) is 11.8 Å². The van der Waals surface area contributed by atoms with E-state index < -0.39 is 5.63 Å². The minimum absolute atomic E-state index is 0.0899. The number of hydrogen-bond acceptors (Lipinski definition) is 4. The molecule has 0 bridgehead atoms. The van der Waals surface area contributed by atoms with Gasteiger partial charge in [-0.15, -0.1) is 0 Å². The summed E-state index contributed by atoms with van der Waals surface area (Å²) in [5.74, 6) is 1.29. The zero-order valence-electron chi connectivity index (χ0n) is 13.7. The van der Waals surface area contributed by atoms with Gasteiger partial charge in [0.15, 0.2) is 0 Å². The van der Waals surface area contributed by atoms with Gasteiger partial charge in [-0.3, -0.25) is 4.79 Å². The fourth-order valence-electron chi connectivity index (χ4n) is 3.38. The molecule has 5 heteroatoms. The number of likely N-dealkylation sites (tertiary alicyclic amines) is 1. The van der Waals surface area contributed by atoms with Gasteiger partial charge in [-0.05, 0) is 42.5 Å². The number of benzene rings is 1. The quantitative estimate of drug-likeness (QED) is 0.800. The molecule has 0 aliphatic carbocycles. The van der Waals surface area contributed by atoms with Crippen LogP contribution in [0.1, 0.15) is 30.6 Å². The van der Waals surface area contributed by atoms with E-state index in [0.717, 1.165) is 6.42 Å². The van der Waals surface area contributed by atoms with Gasteiger partial charge in [0, 0.05) is 18.5 Å². The lowest BCUT2D eigenvalue weighted by atomic mass is 9.91. The van der Waals surface area contributed by atoms with Crippen molar-refractivity contribution in [3.05, 3.63) is 40.2 Å². The van der Waals surface area contributed by atoms with Crippen LogP contribution in [0.15, 0.2) is 33.5 Å². The van der Waals surface area contributed by atoms with E-state index in [2.05, 4.69) is 13.8 Å². The fraction of sp³-hybridized carbons (Fsp3) is 0.444. The fourth-order valence-corrected chi connectivity index (χ4v) is 3.38. The molecule has 2 heterocycles. The van der Waals surface area contributed by atoms with Crippen molar-refractivity contribution in [2.75, 3.05) is 20.2 Å². The maximum Gasteiger partial charge on any atom is 0.349 e. The maximum atomic E-state index is 12.7. The number of rotatable bonds is 2. The first kappa shape index (κ1) is 15.6. The zero-order valence-corrected chi connectivity index (χ0v) is 13.7. The average Bonchev–Trinajstić information content (AvgIpc) is 2.52. The van der Waals surface area contributed by atoms with Crippen molar-refractivity contribution in [2.45, 2.75) is 20.3 Å². The molecule has 0 spiro atoms. The summed E-state index contributed by atoms with van der Waals surface area (Å²) in [5, 5.41) is 0.686. The van der Waals surface area contributed by atoms with Gasteiger partial charge in [0.05, 0.1) is 7.11 Å². The first-order chi connectivity index (χ1) is 11.0. The van der Waals surface area contributed by atoms with Crippen molar-refractivity contribution in [3.8, 4) is 5.75 Å². The Morgan fingerprint density at radius 2 is 1.91 bits per heavy atom. The topological polar surface area (TPSA) is 59.8 Å². The van der Waals surface area contributed by atoms with E-state index in [-0.39, 0.29) is 11.5 Å². The normalized spacial score (nSPS) is 21.4. The second-order valence-electron chi connectivity index (χ2n) is 6.51. The van der Waals surface area contributed by atoms with Crippen molar-refractivity contribution in [1.29, 1.82) is 0 Å². The summed E-state index contributed by atoms with van der Waals surface area (Å²) >= 11 is 0. The zero-order chi connectivity index (χ0) is 16.6. The predicted molar refractivity (Wildman–Crippen MR) is 87.9 cm³/mol. The number of nitrogens with zero attached hydrogens (tertiary/aromatic N) is 1. The van der Waals surface area contributed by atoms with Crippen molar-refractivity contribution in [1.82, 2.24) is 4.90 Å². The minimum atomic E-state index is -0.585. The Balaban J connectivity index is 1.99. The number of methoxy groups -OCH3 is 1. The van der Waals surface area contributed by atoms with E-state index >= 15 is 0 Å². The van der Waals surface area contributed by atoms with E-state index in [1.807, 2.05) is 0 Å². The van der Waals surface area contributed by atoms with Crippen LogP contribution in [0.2, 0.25) is 0 Å². The number of carbonyl (C=O) groups is 1. The minimum Gasteiger partial charge on any atom is -0.497 e. The number of piperidine rings is 1. The van der Waals surface area contributed by atoms with Crippen LogP contribution >= 0.6 is 0 Å². The van der Waals surface area contributed by atoms with E-state index in [0.29, 0.717) is 41.6 Å². The van der Waals surface area contributed by atoms with Crippen LogP contribution in [0.4, 0.5) is 0 Å². The highest BCUT2D eigenvalue weighted by Crippen LogP contribution is 2.24. The largest absolute Gasteiger partial charge is 0.497 e. The molecule has 0 N–H and O–H groups in total. The summed E-state index contributed by atoms with van der Waals surface area (Å²) in [6.07, 6.45) is 1.10. The van der Waals surface area contributed by atoms with Gasteiger partial charge in [-0.25, -0.2) is 4.79 Å². The van der Waals surface area contributed by atoms with Crippen molar-refractivity contribution >= 4 is 16.9 Å². The molecule has 122 valence electrons. The summed E-state index contributed by atoms with van der Waals surface area (Å²) in [7, 11) is 1.57. The number of carbonyl (C=O) groups excluding carboxylic acids is 1. The third-order valence-corrected chi connectivity index (χ3v) is 4.33.